The predicted octanol–water partition coefficient (Wildman–Crippen LogP) is 0.885. The number of carbonyl (C=O) groups is 1. The SMILES string of the molecule is O=C(Cc1ccc(F)cn1)N1CCc2ccc(=O)n(CCN3CCOCC3)c2CC1. The van der Waals surface area contributed by atoms with E-state index in [9.17, 15) is 14.0 Å². The molecule has 1 amide bonds. The van der Waals surface area contributed by atoms with Crippen molar-refractivity contribution in [2.24, 2.45) is 0 Å². The van der Waals surface area contributed by atoms with E-state index in [1.807, 2.05) is 15.5 Å². The first-order chi connectivity index (χ1) is 14.6. The van der Waals surface area contributed by atoms with E-state index >= 15 is 0 Å². The molecular weight excluding hydrogens is 387 g/mol. The highest BCUT2D eigenvalue weighted by Gasteiger charge is 2.22. The number of halogens is 1. The highest BCUT2D eigenvalue weighted by atomic mass is 19.1. The molecule has 0 aliphatic carbocycles. The molecule has 0 bridgehead atoms. The van der Waals surface area contributed by atoms with Crippen molar-refractivity contribution in [3.63, 3.8) is 0 Å². The fourth-order valence-corrected chi connectivity index (χ4v) is 4.13. The third-order valence-corrected chi connectivity index (χ3v) is 5.88. The van der Waals surface area contributed by atoms with Crippen LogP contribution in [0.3, 0.4) is 0 Å². The van der Waals surface area contributed by atoms with Crippen LogP contribution in [0.25, 0.3) is 0 Å². The summed E-state index contributed by atoms with van der Waals surface area (Å²) in [4.78, 5) is 33.4. The normalized spacial score (nSPS) is 17.4. The minimum absolute atomic E-state index is 0.0114. The molecule has 0 saturated carbocycles. The molecule has 0 atom stereocenters. The molecule has 0 spiro atoms. The summed E-state index contributed by atoms with van der Waals surface area (Å²) in [5.74, 6) is -0.435. The highest BCUT2D eigenvalue weighted by Crippen LogP contribution is 2.16. The van der Waals surface area contributed by atoms with Gasteiger partial charge in [-0.15, -0.1) is 0 Å². The molecule has 0 radical (unpaired) electrons. The van der Waals surface area contributed by atoms with Crippen LogP contribution < -0.4 is 5.56 Å². The van der Waals surface area contributed by atoms with E-state index < -0.39 is 5.82 Å². The van der Waals surface area contributed by atoms with Gasteiger partial charge in [-0.3, -0.25) is 19.5 Å². The Morgan fingerprint density at radius 3 is 2.60 bits per heavy atom. The van der Waals surface area contributed by atoms with E-state index in [1.54, 1.807) is 12.1 Å². The Balaban J connectivity index is 1.42. The smallest absolute Gasteiger partial charge is 0.250 e. The number of fused-ring (bicyclic) bond motifs is 1. The zero-order chi connectivity index (χ0) is 20.9. The number of amides is 1. The lowest BCUT2D eigenvalue weighted by molar-refractivity contribution is -0.130. The summed E-state index contributed by atoms with van der Waals surface area (Å²) in [6.45, 7) is 5.90. The van der Waals surface area contributed by atoms with E-state index in [0.29, 0.717) is 31.7 Å². The molecule has 8 heteroatoms. The Bertz CT molecular complexity index is 938. The molecule has 4 rings (SSSR count). The van der Waals surface area contributed by atoms with Crippen molar-refractivity contribution in [3.8, 4) is 0 Å². The monoisotopic (exact) mass is 414 g/mol. The van der Waals surface area contributed by atoms with Gasteiger partial charge in [-0.05, 0) is 24.1 Å². The number of hydrogen-bond donors (Lipinski definition) is 0. The second kappa shape index (κ2) is 9.49. The minimum Gasteiger partial charge on any atom is -0.379 e. The summed E-state index contributed by atoms with van der Waals surface area (Å²) < 4.78 is 20.3. The summed E-state index contributed by atoms with van der Waals surface area (Å²) in [7, 11) is 0. The Labute approximate surface area is 175 Å². The molecule has 0 unspecified atom stereocenters. The molecule has 0 N–H and O–H groups in total. The lowest BCUT2D eigenvalue weighted by Gasteiger charge is -2.27. The van der Waals surface area contributed by atoms with E-state index in [4.69, 9.17) is 4.74 Å². The molecule has 0 aromatic carbocycles. The van der Waals surface area contributed by atoms with Crippen LogP contribution in [-0.4, -0.2) is 71.2 Å². The standard InChI is InChI=1S/C22H27FN4O3/c23-18-2-3-19(24-16-18)15-22(29)26-7-5-17-1-4-21(28)27(20(17)6-8-26)10-9-25-11-13-30-14-12-25/h1-4,16H,5-15H2. The minimum atomic E-state index is -0.411. The van der Waals surface area contributed by atoms with E-state index in [-0.39, 0.29) is 17.9 Å². The van der Waals surface area contributed by atoms with Gasteiger partial charge in [0.1, 0.15) is 5.82 Å². The van der Waals surface area contributed by atoms with E-state index in [1.165, 1.54) is 6.07 Å². The summed E-state index contributed by atoms with van der Waals surface area (Å²) in [6.07, 6.45) is 2.65. The largest absolute Gasteiger partial charge is 0.379 e. The quantitative estimate of drug-likeness (QED) is 0.727. The number of morpholine rings is 1. The van der Waals surface area contributed by atoms with Gasteiger partial charge in [-0.2, -0.15) is 0 Å². The van der Waals surface area contributed by atoms with Crippen LogP contribution in [0, 0.1) is 5.82 Å². The Morgan fingerprint density at radius 2 is 1.83 bits per heavy atom. The van der Waals surface area contributed by atoms with Gasteiger partial charge >= 0.3 is 0 Å². The fourth-order valence-electron chi connectivity index (χ4n) is 4.13. The van der Waals surface area contributed by atoms with Crippen molar-refractivity contribution in [2.75, 3.05) is 45.9 Å². The van der Waals surface area contributed by atoms with Gasteiger partial charge in [-0.1, -0.05) is 6.07 Å². The summed E-state index contributed by atoms with van der Waals surface area (Å²) in [6, 6.07) is 6.40. The number of ether oxygens (including phenoxy) is 1. The first-order valence-electron chi connectivity index (χ1n) is 10.5. The van der Waals surface area contributed by atoms with Crippen molar-refractivity contribution < 1.29 is 13.9 Å². The van der Waals surface area contributed by atoms with Crippen LogP contribution in [-0.2, 0) is 35.3 Å². The second-order valence-electron chi connectivity index (χ2n) is 7.77. The van der Waals surface area contributed by atoms with Crippen molar-refractivity contribution in [1.82, 2.24) is 19.4 Å². The maximum absolute atomic E-state index is 13.0. The molecule has 2 aliphatic heterocycles. The van der Waals surface area contributed by atoms with Crippen molar-refractivity contribution in [1.29, 1.82) is 0 Å². The number of pyridine rings is 2. The van der Waals surface area contributed by atoms with Gasteiger partial charge in [-0.25, -0.2) is 4.39 Å². The number of carbonyl (C=O) groups excluding carboxylic acids is 1. The maximum atomic E-state index is 13.0. The molecule has 1 saturated heterocycles. The first kappa shape index (κ1) is 20.7. The van der Waals surface area contributed by atoms with Crippen LogP contribution in [0.2, 0.25) is 0 Å². The average Bonchev–Trinajstić information content (AvgIpc) is 2.98. The maximum Gasteiger partial charge on any atom is 0.250 e. The van der Waals surface area contributed by atoms with Crippen LogP contribution >= 0.6 is 0 Å². The van der Waals surface area contributed by atoms with Crippen LogP contribution in [0.5, 0.6) is 0 Å². The zero-order valence-electron chi connectivity index (χ0n) is 17.1. The summed E-state index contributed by atoms with van der Waals surface area (Å²) in [5, 5.41) is 0. The van der Waals surface area contributed by atoms with E-state index in [2.05, 4.69) is 9.88 Å². The molecule has 7 nitrogen and oxygen atoms in total. The number of hydrogen-bond acceptors (Lipinski definition) is 5. The molecule has 30 heavy (non-hydrogen) atoms. The fraction of sp³-hybridized carbons (Fsp3) is 0.500. The van der Waals surface area contributed by atoms with Crippen LogP contribution in [0.4, 0.5) is 4.39 Å². The van der Waals surface area contributed by atoms with Gasteiger partial charge in [0.05, 0.1) is 25.8 Å². The number of nitrogens with zero attached hydrogens (tertiary/aromatic N) is 4. The van der Waals surface area contributed by atoms with Gasteiger partial charge in [0, 0.05) is 63.1 Å². The highest BCUT2D eigenvalue weighted by molar-refractivity contribution is 5.78. The molecule has 2 aliphatic rings. The van der Waals surface area contributed by atoms with Crippen molar-refractivity contribution >= 4 is 5.91 Å². The Hall–Kier alpha value is -2.58. The topological polar surface area (TPSA) is 67.7 Å². The molecule has 160 valence electrons. The molecule has 4 heterocycles. The molecule has 2 aromatic rings. The van der Waals surface area contributed by atoms with Crippen molar-refractivity contribution in [2.45, 2.75) is 25.8 Å². The third-order valence-electron chi connectivity index (χ3n) is 5.88. The molecule has 1 fully saturated rings. The second-order valence-corrected chi connectivity index (χ2v) is 7.77. The van der Waals surface area contributed by atoms with Crippen LogP contribution in [0.15, 0.2) is 35.3 Å². The first-order valence-corrected chi connectivity index (χ1v) is 10.5. The van der Waals surface area contributed by atoms with Crippen LogP contribution in [0.1, 0.15) is 17.0 Å². The zero-order valence-corrected chi connectivity index (χ0v) is 17.1. The third kappa shape index (κ3) is 4.94. The Kier molecular flexibility index (Phi) is 6.54. The van der Waals surface area contributed by atoms with E-state index in [0.717, 1.165) is 56.7 Å². The average molecular weight is 414 g/mol. The predicted molar refractivity (Wildman–Crippen MR) is 110 cm³/mol. The Morgan fingerprint density at radius 1 is 1.03 bits per heavy atom. The molecular formula is C22H27FN4O3. The molecule has 2 aromatic heterocycles. The van der Waals surface area contributed by atoms with Gasteiger partial charge in [0.15, 0.2) is 0 Å². The van der Waals surface area contributed by atoms with Gasteiger partial charge in [0.2, 0.25) is 5.91 Å². The van der Waals surface area contributed by atoms with Gasteiger partial charge < -0.3 is 14.2 Å². The summed E-state index contributed by atoms with van der Waals surface area (Å²) >= 11 is 0. The number of rotatable bonds is 5. The lowest BCUT2D eigenvalue weighted by atomic mass is 10.1. The number of aromatic nitrogens is 2. The van der Waals surface area contributed by atoms with Crippen molar-refractivity contribution in [3.05, 3.63) is 63.6 Å². The van der Waals surface area contributed by atoms with Gasteiger partial charge in [0.25, 0.3) is 5.56 Å². The lowest BCUT2D eigenvalue weighted by Crippen LogP contribution is -2.40. The summed E-state index contributed by atoms with van der Waals surface area (Å²) in [5.41, 5.74) is 2.74.